The molecule has 25 heavy (non-hydrogen) atoms. The fraction of sp³-hybridized carbons (Fsp3) is 0.278. The Labute approximate surface area is 144 Å². The molecule has 0 fully saturated rings. The average Bonchev–Trinajstić information content (AvgIpc) is 2.97. The molecule has 0 radical (unpaired) electrons. The number of amides is 1. The lowest BCUT2D eigenvalue weighted by Crippen LogP contribution is -2.36. The molecule has 130 valence electrons. The van der Waals surface area contributed by atoms with Gasteiger partial charge in [0.15, 0.2) is 0 Å². The molecule has 0 aliphatic rings. The van der Waals surface area contributed by atoms with Gasteiger partial charge in [-0.1, -0.05) is 30.3 Å². The van der Waals surface area contributed by atoms with Crippen molar-refractivity contribution in [2.24, 2.45) is 0 Å². The summed E-state index contributed by atoms with van der Waals surface area (Å²) in [5.74, 6) is -0.241. The predicted octanol–water partition coefficient (Wildman–Crippen LogP) is 1.18. The van der Waals surface area contributed by atoms with Crippen molar-refractivity contribution in [1.29, 1.82) is 0 Å². The van der Waals surface area contributed by atoms with Gasteiger partial charge in [0.05, 0.1) is 12.3 Å². The minimum Gasteiger partial charge on any atom is -0.392 e. The van der Waals surface area contributed by atoms with E-state index < -0.39 is 0 Å². The van der Waals surface area contributed by atoms with Gasteiger partial charge in [0.25, 0.3) is 5.56 Å². The zero-order chi connectivity index (χ0) is 18.0. The van der Waals surface area contributed by atoms with Gasteiger partial charge in [-0.25, -0.2) is 4.52 Å². The third-order valence-corrected chi connectivity index (χ3v) is 3.83. The fourth-order valence-electron chi connectivity index (χ4n) is 2.78. The maximum absolute atomic E-state index is 12.8. The molecule has 3 aromatic rings. The number of nitrogens with zero attached hydrogens (tertiary/aromatic N) is 3. The average molecular weight is 340 g/mol. The highest BCUT2D eigenvalue weighted by atomic mass is 16.3. The predicted molar refractivity (Wildman–Crippen MR) is 94.1 cm³/mol. The van der Waals surface area contributed by atoms with Gasteiger partial charge in [-0.2, -0.15) is 5.10 Å². The summed E-state index contributed by atoms with van der Waals surface area (Å²) in [5.41, 5.74) is 1.75. The Morgan fingerprint density at radius 1 is 1.24 bits per heavy atom. The van der Waals surface area contributed by atoms with Crippen molar-refractivity contribution in [3.63, 3.8) is 0 Å². The first kappa shape index (κ1) is 16.9. The highest BCUT2D eigenvalue weighted by Crippen LogP contribution is 2.24. The second kappa shape index (κ2) is 6.90. The molecule has 0 saturated carbocycles. The molecule has 0 atom stereocenters. The molecule has 0 aliphatic carbocycles. The van der Waals surface area contributed by atoms with Crippen molar-refractivity contribution in [2.75, 3.05) is 0 Å². The molecule has 1 aromatic carbocycles. The molecule has 2 heterocycles. The van der Waals surface area contributed by atoms with E-state index in [9.17, 15) is 14.7 Å². The molecular formula is C18H20N4O3. The zero-order valence-corrected chi connectivity index (χ0v) is 14.1. The number of nitrogens with one attached hydrogen (secondary N) is 1. The van der Waals surface area contributed by atoms with E-state index in [2.05, 4.69) is 10.4 Å². The quantitative estimate of drug-likeness (QED) is 0.730. The standard InChI is InChI=1S/C18H20N4O3/c1-12(2)19-15(24)10-21-8-9-22-17(18(21)25)14(11-23)16(20-22)13-6-4-3-5-7-13/h3-9,12,23H,10-11H2,1-2H3,(H,19,24). The van der Waals surface area contributed by atoms with Crippen LogP contribution >= 0.6 is 0 Å². The highest BCUT2D eigenvalue weighted by molar-refractivity contribution is 5.76. The van der Waals surface area contributed by atoms with Gasteiger partial charge >= 0.3 is 0 Å². The molecule has 7 nitrogen and oxygen atoms in total. The van der Waals surface area contributed by atoms with Crippen molar-refractivity contribution in [3.05, 3.63) is 58.6 Å². The molecule has 0 bridgehead atoms. The Kier molecular flexibility index (Phi) is 4.67. The molecule has 0 aliphatic heterocycles. The van der Waals surface area contributed by atoms with Gasteiger partial charge in [0, 0.05) is 29.6 Å². The van der Waals surface area contributed by atoms with Crippen LogP contribution < -0.4 is 10.9 Å². The summed E-state index contributed by atoms with van der Waals surface area (Å²) in [4.78, 5) is 24.7. The molecule has 3 rings (SSSR count). The number of benzene rings is 1. The van der Waals surface area contributed by atoms with Crippen LogP contribution in [0, 0.1) is 0 Å². The summed E-state index contributed by atoms with van der Waals surface area (Å²) >= 11 is 0. The normalized spacial score (nSPS) is 11.2. The van der Waals surface area contributed by atoms with Crippen molar-refractivity contribution < 1.29 is 9.90 Å². The van der Waals surface area contributed by atoms with Crippen molar-refractivity contribution in [2.45, 2.75) is 33.0 Å². The summed E-state index contributed by atoms with van der Waals surface area (Å²) in [6, 6.07) is 9.37. The lowest BCUT2D eigenvalue weighted by Gasteiger charge is -2.10. The van der Waals surface area contributed by atoms with Crippen LogP contribution in [0.1, 0.15) is 19.4 Å². The number of fused-ring (bicyclic) bond motifs is 1. The van der Waals surface area contributed by atoms with Crippen LogP contribution in [-0.2, 0) is 17.9 Å². The van der Waals surface area contributed by atoms with E-state index in [1.165, 1.54) is 15.3 Å². The lowest BCUT2D eigenvalue weighted by atomic mass is 10.1. The molecule has 7 heteroatoms. The molecule has 0 unspecified atom stereocenters. The van der Waals surface area contributed by atoms with Crippen LogP contribution in [0.2, 0.25) is 0 Å². The van der Waals surface area contributed by atoms with Crippen LogP contribution in [0.25, 0.3) is 16.8 Å². The second-order valence-corrected chi connectivity index (χ2v) is 6.10. The Morgan fingerprint density at radius 3 is 2.60 bits per heavy atom. The number of hydrogen-bond acceptors (Lipinski definition) is 4. The first-order valence-corrected chi connectivity index (χ1v) is 8.07. The molecular weight excluding hydrogens is 320 g/mol. The number of carbonyl (C=O) groups is 1. The Bertz CT molecular complexity index is 958. The monoisotopic (exact) mass is 340 g/mol. The van der Waals surface area contributed by atoms with E-state index in [0.717, 1.165) is 5.56 Å². The number of aliphatic hydroxyl groups is 1. The van der Waals surface area contributed by atoms with Crippen LogP contribution in [0.15, 0.2) is 47.5 Å². The Morgan fingerprint density at radius 2 is 1.96 bits per heavy atom. The van der Waals surface area contributed by atoms with Crippen LogP contribution in [0.5, 0.6) is 0 Å². The molecule has 1 amide bonds. The summed E-state index contributed by atoms with van der Waals surface area (Å²) in [7, 11) is 0. The van der Waals surface area contributed by atoms with Gasteiger partial charge in [-0.15, -0.1) is 0 Å². The van der Waals surface area contributed by atoms with Gasteiger partial charge in [-0.05, 0) is 13.8 Å². The lowest BCUT2D eigenvalue weighted by molar-refractivity contribution is -0.122. The minimum atomic E-state index is -0.361. The Balaban J connectivity index is 2.09. The zero-order valence-electron chi connectivity index (χ0n) is 14.1. The fourth-order valence-corrected chi connectivity index (χ4v) is 2.78. The van der Waals surface area contributed by atoms with E-state index in [1.54, 1.807) is 6.20 Å². The van der Waals surface area contributed by atoms with Gasteiger partial charge in [0.2, 0.25) is 5.91 Å². The van der Waals surface area contributed by atoms with E-state index in [4.69, 9.17) is 0 Å². The third-order valence-electron chi connectivity index (χ3n) is 3.83. The first-order valence-electron chi connectivity index (χ1n) is 8.07. The molecule has 2 N–H and O–H groups in total. The molecule has 2 aromatic heterocycles. The Hall–Kier alpha value is -2.93. The second-order valence-electron chi connectivity index (χ2n) is 6.10. The number of aliphatic hydroxyl groups excluding tert-OH is 1. The van der Waals surface area contributed by atoms with E-state index in [-0.39, 0.29) is 36.2 Å². The van der Waals surface area contributed by atoms with Crippen LogP contribution in [0.4, 0.5) is 0 Å². The third kappa shape index (κ3) is 3.32. The van der Waals surface area contributed by atoms with E-state index in [1.807, 2.05) is 44.2 Å². The largest absolute Gasteiger partial charge is 0.392 e. The van der Waals surface area contributed by atoms with Gasteiger partial charge in [0.1, 0.15) is 12.1 Å². The number of rotatable bonds is 5. The van der Waals surface area contributed by atoms with Crippen LogP contribution in [-0.4, -0.2) is 31.2 Å². The summed E-state index contributed by atoms with van der Waals surface area (Å²) in [6.45, 7) is 3.32. The maximum Gasteiger partial charge on any atom is 0.277 e. The number of aromatic nitrogens is 3. The first-order chi connectivity index (χ1) is 12.0. The van der Waals surface area contributed by atoms with Crippen molar-refractivity contribution in [1.82, 2.24) is 19.5 Å². The van der Waals surface area contributed by atoms with Gasteiger partial charge < -0.3 is 15.0 Å². The maximum atomic E-state index is 12.8. The molecule has 0 saturated heterocycles. The smallest absolute Gasteiger partial charge is 0.277 e. The van der Waals surface area contributed by atoms with E-state index >= 15 is 0 Å². The van der Waals surface area contributed by atoms with Crippen molar-refractivity contribution in [3.8, 4) is 11.3 Å². The number of hydrogen-bond donors (Lipinski definition) is 2. The topological polar surface area (TPSA) is 88.6 Å². The van der Waals surface area contributed by atoms with Crippen LogP contribution in [0.3, 0.4) is 0 Å². The highest BCUT2D eigenvalue weighted by Gasteiger charge is 2.18. The van der Waals surface area contributed by atoms with Gasteiger partial charge in [-0.3, -0.25) is 9.59 Å². The summed E-state index contributed by atoms with van der Waals surface area (Å²) in [6.07, 6.45) is 3.14. The number of carbonyl (C=O) groups excluding carboxylic acids is 1. The summed E-state index contributed by atoms with van der Waals surface area (Å²) < 4.78 is 2.77. The van der Waals surface area contributed by atoms with E-state index in [0.29, 0.717) is 11.3 Å². The molecule has 0 spiro atoms. The minimum absolute atomic E-state index is 0.000383. The SMILES string of the molecule is CC(C)NC(=O)Cn1ccn2nc(-c3ccccc3)c(CO)c2c1=O. The summed E-state index contributed by atoms with van der Waals surface area (Å²) in [5, 5.41) is 17.0. The van der Waals surface area contributed by atoms with Crippen molar-refractivity contribution >= 4 is 11.4 Å².